The Balaban J connectivity index is 1.62. The Morgan fingerprint density at radius 1 is 1.14 bits per heavy atom. The first-order chi connectivity index (χ1) is 10.3. The summed E-state index contributed by atoms with van der Waals surface area (Å²) < 4.78 is 0.556. The number of likely N-dealkylation sites (tertiary alicyclic amines) is 1. The summed E-state index contributed by atoms with van der Waals surface area (Å²) in [6.07, 6.45) is 2.10. The first kappa shape index (κ1) is 15.3. The van der Waals surface area contributed by atoms with Crippen molar-refractivity contribution in [1.29, 1.82) is 0 Å². The highest BCUT2D eigenvalue weighted by molar-refractivity contribution is 8.19. The van der Waals surface area contributed by atoms with Gasteiger partial charge >= 0.3 is 0 Å². The number of piperidine rings is 1. The van der Waals surface area contributed by atoms with Crippen LogP contribution in [0.1, 0.15) is 33.3 Å². The van der Waals surface area contributed by atoms with Gasteiger partial charge in [0.25, 0.3) is 5.91 Å². The van der Waals surface area contributed by atoms with Crippen LogP contribution in [0.15, 0.2) is 24.3 Å². The maximum absolute atomic E-state index is 12.5. The predicted molar refractivity (Wildman–Crippen MR) is 92.1 cm³/mol. The first-order valence-electron chi connectivity index (χ1n) is 7.57. The third kappa shape index (κ3) is 3.58. The normalized spacial score (nSPS) is 20.9. The number of hydrogen-bond donors (Lipinski definition) is 1. The number of rotatable bonds is 3. The molecule has 2 aliphatic rings. The van der Waals surface area contributed by atoms with Crippen molar-refractivity contribution < 1.29 is 4.79 Å². The van der Waals surface area contributed by atoms with Crippen LogP contribution in [0, 0.1) is 0 Å². The first-order valence-corrected chi connectivity index (χ1v) is 9.67. The lowest BCUT2D eigenvalue weighted by molar-refractivity contribution is 0.0707. The second-order valence-electron chi connectivity index (χ2n) is 5.55. The quantitative estimate of drug-likeness (QED) is 0.927. The van der Waals surface area contributed by atoms with Gasteiger partial charge in [-0.05, 0) is 37.6 Å². The molecule has 1 amide bonds. The fourth-order valence-electron chi connectivity index (χ4n) is 2.89. The number of benzene rings is 1. The molecule has 2 saturated heterocycles. The summed E-state index contributed by atoms with van der Waals surface area (Å²) in [7, 11) is 2.00. The summed E-state index contributed by atoms with van der Waals surface area (Å²) in [4.78, 5) is 14.5. The molecule has 0 bridgehead atoms. The number of nitrogens with one attached hydrogen (secondary N) is 1. The summed E-state index contributed by atoms with van der Waals surface area (Å²) in [6, 6.07) is 8.82. The lowest BCUT2D eigenvalue weighted by Crippen LogP contribution is -2.43. The van der Waals surface area contributed by atoms with Gasteiger partial charge in [0.15, 0.2) is 0 Å². The van der Waals surface area contributed by atoms with Gasteiger partial charge in [-0.2, -0.15) is 0 Å². The fourth-order valence-corrected chi connectivity index (χ4v) is 5.75. The minimum absolute atomic E-state index is 0.183. The van der Waals surface area contributed by atoms with Gasteiger partial charge < -0.3 is 10.2 Å². The van der Waals surface area contributed by atoms with Crippen LogP contribution >= 0.6 is 23.5 Å². The Kier molecular flexibility index (Phi) is 5.14. The van der Waals surface area contributed by atoms with Crippen molar-refractivity contribution in [3.63, 3.8) is 0 Å². The minimum Gasteiger partial charge on any atom is -0.339 e. The van der Waals surface area contributed by atoms with E-state index in [2.05, 4.69) is 17.4 Å². The molecule has 0 aromatic heterocycles. The van der Waals surface area contributed by atoms with Crippen molar-refractivity contribution in [2.45, 2.75) is 23.5 Å². The third-order valence-corrected chi connectivity index (χ3v) is 7.35. The SMILES string of the molecule is CNC1CCN(C(=O)c2ccc(C3SCCS3)cc2)CC1. The zero-order chi connectivity index (χ0) is 14.7. The number of carbonyl (C=O) groups is 1. The Morgan fingerprint density at radius 3 is 2.33 bits per heavy atom. The maximum Gasteiger partial charge on any atom is 0.253 e. The largest absolute Gasteiger partial charge is 0.339 e. The summed E-state index contributed by atoms with van der Waals surface area (Å²) in [5, 5.41) is 3.30. The molecular formula is C16H22N2OS2. The Bertz CT molecular complexity index is 478. The Morgan fingerprint density at radius 2 is 1.76 bits per heavy atom. The highest BCUT2D eigenvalue weighted by atomic mass is 32.2. The van der Waals surface area contributed by atoms with E-state index in [9.17, 15) is 4.79 Å². The molecule has 0 saturated carbocycles. The van der Waals surface area contributed by atoms with Crippen LogP contribution in [0.4, 0.5) is 0 Å². The Hall–Kier alpha value is -0.650. The van der Waals surface area contributed by atoms with Crippen LogP contribution in [0.2, 0.25) is 0 Å². The number of nitrogens with zero attached hydrogens (tertiary/aromatic N) is 1. The summed E-state index contributed by atoms with van der Waals surface area (Å²) in [6.45, 7) is 1.72. The summed E-state index contributed by atoms with van der Waals surface area (Å²) in [5.74, 6) is 2.65. The standard InChI is InChI=1S/C16H22N2OS2/c1-17-14-6-8-18(9-7-14)15(19)12-2-4-13(5-3-12)16-20-10-11-21-16/h2-5,14,16-17H,6-11H2,1H3. The van der Waals surface area contributed by atoms with E-state index >= 15 is 0 Å². The van der Waals surface area contributed by atoms with Crippen molar-refractivity contribution in [1.82, 2.24) is 10.2 Å². The number of amides is 1. The zero-order valence-electron chi connectivity index (χ0n) is 12.4. The summed E-state index contributed by atoms with van der Waals surface area (Å²) in [5.41, 5.74) is 2.17. The van der Waals surface area contributed by atoms with Crippen LogP contribution in [0.3, 0.4) is 0 Å². The zero-order valence-corrected chi connectivity index (χ0v) is 14.0. The highest BCUT2D eigenvalue weighted by Crippen LogP contribution is 2.45. The lowest BCUT2D eigenvalue weighted by atomic mass is 10.0. The number of thioether (sulfide) groups is 2. The van der Waals surface area contributed by atoms with Crippen LogP contribution in [0.5, 0.6) is 0 Å². The number of carbonyl (C=O) groups excluding carboxylic acids is 1. The van der Waals surface area contributed by atoms with Crippen molar-refractivity contribution >= 4 is 29.4 Å². The number of hydrogen-bond acceptors (Lipinski definition) is 4. The average molecular weight is 322 g/mol. The molecule has 0 aliphatic carbocycles. The monoisotopic (exact) mass is 322 g/mol. The molecule has 5 heteroatoms. The van der Waals surface area contributed by atoms with E-state index in [-0.39, 0.29) is 5.91 Å². The van der Waals surface area contributed by atoms with Gasteiger partial charge in [0.2, 0.25) is 0 Å². The third-order valence-electron chi connectivity index (χ3n) is 4.24. The van der Waals surface area contributed by atoms with Crippen molar-refractivity contribution in [2.24, 2.45) is 0 Å². The van der Waals surface area contributed by atoms with Crippen LogP contribution in [-0.4, -0.2) is 48.5 Å². The molecule has 114 valence electrons. The second-order valence-corrected chi connectivity index (χ2v) is 8.28. The molecule has 2 fully saturated rings. The van der Waals surface area contributed by atoms with E-state index < -0.39 is 0 Å². The molecule has 1 N–H and O–H groups in total. The lowest BCUT2D eigenvalue weighted by Gasteiger charge is -2.31. The van der Waals surface area contributed by atoms with Crippen LogP contribution in [0.25, 0.3) is 0 Å². The molecular weight excluding hydrogens is 300 g/mol. The van der Waals surface area contributed by atoms with E-state index in [1.807, 2.05) is 47.6 Å². The predicted octanol–water partition coefficient (Wildman–Crippen LogP) is 2.99. The molecule has 0 spiro atoms. The van der Waals surface area contributed by atoms with Gasteiger partial charge in [0.05, 0.1) is 4.58 Å². The maximum atomic E-state index is 12.5. The van der Waals surface area contributed by atoms with Crippen molar-refractivity contribution in [3.05, 3.63) is 35.4 Å². The van der Waals surface area contributed by atoms with Crippen LogP contribution < -0.4 is 5.32 Å². The molecule has 0 unspecified atom stereocenters. The van der Waals surface area contributed by atoms with Gasteiger partial charge in [-0.3, -0.25) is 4.79 Å². The van der Waals surface area contributed by atoms with Crippen LogP contribution in [-0.2, 0) is 0 Å². The van der Waals surface area contributed by atoms with Crippen molar-refractivity contribution in [2.75, 3.05) is 31.6 Å². The fraction of sp³-hybridized carbons (Fsp3) is 0.562. The molecule has 0 radical (unpaired) electrons. The van der Waals surface area contributed by atoms with E-state index in [1.54, 1.807) is 0 Å². The van der Waals surface area contributed by atoms with Gasteiger partial charge in [-0.25, -0.2) is 0 Å². The molecule has 2 heterocycles. The topological polar surface area (TPSA) is 32.3 Å². The highest BCUT2D eigenvalue weighted by Gasteiger charge is 2.23. The Labute approximate surface area is 135 Å². The van der Waals surface area contributed by atoms with Gasteiger partial charge in [0.1, 0.15) is 0 Å². The molecule has 0 atom stereocenters. The molecule has 21 heavy (non-hydrogen) atoms. The molecule has 2 aliphatic heterocycles. The van der Waals surface area contributed by atoms with Gasteiger partial charge in [-0.15, -0.1) is 23.5 Å². The molecule has 3 rings (SSSR count). The van der Waals surface area contributed by atoms with E-state index in [4.69, 9.17) is 0 Å². The smallest absolute Gasteiger partial charge is 0.253 e. The molecule has 1 aromatic rings. The van der Waals surface area contributed by atoms with E-state index in [0.717, 1.165) is 31.5 Å². The van der Waals surface area contributed by atoms with Crippen molar-refractivity contribution in [3.8, 4) is 0 Å². The van der Waals surface area contributed by atoms with Gasteiger partial charge in [0, 0.05) is 36.2 Å². The van der Waals surface area contributed by atoms with E-state index in [1.165, 1.54) is 17.1 Å². The molecule has 3 nitrogen and oxygen atoms in total. The average Bonchev–Trinajstić information content (AvgIpc) is 3.09. The second kappa shape index (κ2) is 7.07. The van der Waals surface area contributed by atoms with Gasteiger partial charge in [-0.1, -0.05) is 12.1 Å². The summed E-state index contributed by atoms with van der Waals surface area (Å²) >= 11 is 4.00. The molecule has 1 aromatic carbocycles. The minimum atomic E-state index is 0.183. The van der Waals surface area contributed by atoms with E-state index in [0.29, 0.717) is 10.6 Å².